The average Bonchev–Trinajstić information content (AvgIpc) is 2.81. The molecule has 17 heavy (non-hydrogen) atoms. The van der Waals surface area contributed by atoms with E-state index in [1.165, 1.54) is 32.1 Å². The zero-order chi connectivity index (χ0) is 12.3. The van der Waals surface area contributed by atoms with Gasteiger partial charge in [-0.25, -0.2) is 0 Å². The van der Waals surface area contributed by atoms with Crippen molar-refractivity contribution in [3.8, 4) is 0 Å². The predicted octanol–water partition coefficient (Wildman–Crippen LogP) is 4.00. The zero-order valence-corrected chi connectivity index (χ0v) is 11.7. The van der Waals surface area contributed by atoms with Crippen LogP contribution in [0, 0.1) is 29.1 Å². The molecule has 0 aromatic carbocycles. The van der Waals surface area contributed by atoms with Crippen LogP contribution in [0.5, 0.6) is 0 Å². The lowest BCUT2D eigenvalue weighted by Crippen LogP contribution is -2.46. The van der Waals surface area contributed by atoms with E-state index >= 15 is 0 Å². The quantitative estimate of drug-likeness (QED) is 0.729. The molecule has 1 heteroatoms. The minimum absolute atomic E-state index is 0.289. The number of fused-ring (bicyclic) bond motifs is 2. The van der Waals surface area contributed by atoms with E-state index < -0.39 is 0 Å². The van der Waals surface area contributed by atoms with Gasteiger partial charge >= 0.3 is 0 Å². The van der Waals surface area contributed by atoms with E-state index in [2.05, 4.69) is 20.8 Å². The maximum absolute atomic E-state index is 11.0. The van der Waals surface area contributed by atoms with Gasteiger partial charge in [-0.05, 0) is 54.8 Å². The van der Waals surface area contributed by atoms with Crippen molar-refractivity contribution in [2.75, 3.05) is 0 Å². The van der Waals surface area contributed by atoms with E-state index in [9.17, 15) is 5.11 Å². The molecule has 0 spiro atoms. The molecule has 2 bridgehead atoms. The third-order valence-electron chi connectivity index (χ3n) is 6.89. The van der Waals surface area contributed by atoms with Crippen LogP contribution in [0.15, 0.2) is 0 Å². The van der Waals surface area contributed by atoms with Gasteiger partial charge in [0, 0.05) is 0 Å². The molecule has 98 valence electrons. The van der Waals surface area contributed by atoms with Gasteiger partial charge in [0.2, 0.25) is 0 Å². The lowest BCUT2D eigenvalue weighted by molar-refractivity contribution is -0.0896. The molecule has 3 rings (SSSR count). The summed E-state index contributed by atoms with van der Waals surface area (Å²) in [6, 6.07) is 0. The van der Waals surface area contributed by atoms with Crippen molar-refractivity contribution in [3.63, 3.8) is 0 Å². The summed E-state index contributed by atoms with van der Waals surface area (Å²) in [7, 11) is 0. The van der Waals surface area contributed by atoms with E-state index in [4.69, 9.17) is 0 Å². The zero-order valence-electron chi connectivity index (χ0n) is 11.7. The highest BCUT2D eigenvalue weighted by Gasteiger charge is 2.59. The molecule has 3 aliphatic rings. The van der Waals surface area contributed by atoms with E-state index in [-0.39, 0.29) is 5.60 Å². The summed E-state index contributed by atoms with van der Waals surface area (Å²) >= 11 is 0. The first-order chi connectivity index (χ1) is 7.95. The second-order valence-electron chi connectivity index (χ2n) is 7.71. The second-order valence-corrected chi connectivity index (χ2v) is 7.71. The first-order valence-corrected chi connectivity index (χ1v) is 7.67. The smallest absolute Gasteiger partial charge is 0.0678 e. The first-order valence-electron chi connectivity index (χ1n) is 7.67. The lowest BCUT2D eigenvalue weighted by Gasteiger charge is -2.47. The normalized spacial score (nSPS) is 47.3. The van der Waals surface area contributed by atoms with Gasteiger partial charge in [-0.3, -0.25) is 0 Å². The third-order valence-corrected chi connectivity index (χ3v) is 6.89. The molecular weight excluding hydrogens is 208 g/mol. The van der Waals surface area contributed by atoms with Crippen LogP contribution < -0.4 is 0 Å². The molecule has 0 radical (unpaired) electrons. The molecule has 1 N–H and O–H groups in total. The topological polar surface area (TPSA) is 20.2 Å². The third kappa shape index (κ3) is 1.61. The van der Waals surface area contributed by atoms with E-state index in [0.717, 1.165) is 30.6 Å². The number of hydrogen-bond donors (Lipinski definition) is 1. The van der Waals surface area contributed by atoms with Gasteiger partial charge < -0.3 is 5.11 Å². The van der Waals surface area contributed by atoms with Gasteiger partial charge in [-0.2, -0.15) is 0 Å². The molecular formula is C16H28O. The summed E-state index contributed by atoms with van der Waals surface area (Å²) in [5, 5.41) is 11.0. The summed E-state index contributed by atoms with van der Waals surface area (Å²) in [5.74, 6) is 3.10. The fourth-order valence-electron chi connectivity index (χ4n) is 5.31. The van der Waals surface area contributed by atoms with Gasteiger partial charge in [-0.15, -0.1) is 0 Å². The molecule has 3 aliphatic carbocycles. The fourth-order valence-corrected chi connectivity index (χ4v) is 5.31. The Hall–Kier alpha value is -0.0400. The Bertz CT molecular complexity index is 297. The number of aliphatic hydroxyl groups is 1. The van der Waals surface area contributed by atoms with E-state index in [1.54, 1.807) is 0 Å². The Labute approximate surface area is 106 Å². The molecule has 0 aliphatic heterocycles. The van der Waals surface area contributed by atoms with Crippen LogP contribution in [0.2, 0.25) is 0 Å². The molecule has 1 nitrogen and oxygen atoms in total. The van der Waals surface area contributed by atoms with E-state index in [1.807, 2.05) is 0 Å². The van der Waals surface area contributed by atoms with Crippen LogP contribution in [0.4, 0.5) is 0 Å². The van der Waals surface area contributed by atoms with Crippen LogP contribution in [-0.2, 0) is 0 Å². The summed E-state index contributed by atoms with van der Waals surface area (Å²) in [5.41, 5.74) is 0.231. The molecule has 0 aromatic rings. The molecule has 0 amide bonds. The molecule has 3 fully saturated rings. The van der Waals surface area contributed by atoms with Gasteiger partial charge in [0.15, 0.2) is 0 Å². The standard InChI is InChI=1S/C16H28O/c1-11-13-9-12(15(11,2)3)10-14(13)16(17)7-5-4-6-8-16/h11-14,17H,4-10H2,1-3H3/t11-,12-,13-,14+/m1/s1. The van der Waals surface area contributed by atoms with Crippen molar-refractivity contribution in [1.82, 2.24) is 0 Å². The molecule has 0 aromatic heterocycles. The Kier molecular flexibility index (Phi) is 2.63. The van der Waals surface area contributed by atoms with Crippen LogP contribution in [0.3, 0.4) is 0 Å². The van der Waals surface area contributed by atoms with Crippen LogP contribution in [0.1, 0.15) is 65.7 Å². The minimum Gasteiger partial charge on any atom is -0.390 e. The maximum Gasteiger partial charge on any atom is 0.0678 e. The van der Waals surface area contributed by atoms with Crippen LogP contribution in [-0.4, -0.2) is 10.7 Å². The molecule has 0 heterocycles. The van der Waals surface area contributed by atoms with Gasteiger partial charge in [0.25, 0.3) is 0 Å². The predicted molar refractivity (Wildman–Crippen MR) is 70.7 cm³/mol. The van der Waals surface area contributed by atoms with Gasteiger partial charge in [0.1, 0.15) is 0 Å². The Morgan fingerprint density at radius 3 is 2.18 bits per heavy atom. The first kappa shape index (κ1) is 12.0. The number of hydrogen-bond acceptors (Lipinski definition) is 1. The van der Waals surface area contributed by atoms with Crippen molar-refractivity contribution < 1.29 is 5.11 Å². The number of rotatable bonds is 1. The highest BCUT2D eigenvalue weighted by Crippen LogP contribution is 2.64. The van der Waals surface area contributed by atoms with Crippen LogP contribution >= 0.6 is 0 Å². The Morgan fingerprint density at radius 1 is 1.00 bits per heavy atom. The largest absolute Gasteiger partial charge is 0.390 e. The SMILES string of the molecule is C[C@@H]1[C@H]2C[C@H](C[C@@H]2C2(O)CCCCC2)C1(C)C. The minimum atomic E-state index is -0.289. The lowest BCUT2D eigenvalue weighted by atomic mass is 9.60. The Balaban J connectivity index is 1.80. The van der Waals surface area contributed by atoms with Crippen molar-refractivity contribution in [2.24, 2.45) is 29.1 Å². The molecule has 3 saturated carbocycles. The van der Waals surface area contributed by atoms with Gasteiger partial charge in [-0.1, -0.05) is 40.0 Å². The highest BCUT2D eigenvalue weighted by molar-refractivity contribution is 5.08. The summed E-state index contributed by atoms with van der Waals surface area (Å²) in [6.45, 7) is 7.33. The second kappa shape index (κ2) is 3.73. The fraction of sp³-hybridized carbons (Fsp3) is 1.00. The van der Waals surface area contributed by atoms with Crippen molar-refractivity contribution in [2.45, 2.75) is 71.3 Å². The summed E-state index contributed by atoms with van der Waals surface area (Å²) < 4.78 is 0. The average molecular weight is 236 g/mol. The Morgan fingerprint density at radius 2 is 1.65 bits per heavy atom. The molecule has 0 unspecified atom stereocenters. The maximum atomic E-state index is 11.0. The van der Waals surface area contributed by atoms with Crippen molar-refractivity contribution >= 4 is 0 Å². The monoisotopic (exact) mass is 236 g/mol. The summed E-state index contributed by atoms with van der Waals surface area (Å²) in [4.78, 5) is 0. The van der Waals surface area contributed by atoms with Crippen molar-refractivity contribution in [1.29, 1.82) is 0 Å². The summed E-state index contributed by atoms with van der Waals surface area (Å²) in [6.07, 6.45) is 8.69. The van der Waals surface area contributed by atoms with Crippen molar-refractivity contribution in [3.05, 3.63) is 0 Å². The van der Waals surface area contributed by atoms with E-state index in [0.29, 0.717) is 11.3 Å². The molecule has 0 saturated heterocycles. The molecule has 4 atom stereocenters. The van der Waals surface area contributed by atoms with Gasteiger partial charge in [0.05, 0.1) is 5.60 Å². The van der Waals surface area contributed by atoms with Crippen LogP contribution in [0.25, 0.3) is 0 Å². The highest BCUT2D eigenvalue weighted by atomic mass is 16.3.